The standard InChI is InChI=1S/C20H27FN4O/c1-19(2)12-7-13-20(3,4)25(19)24(5)17-11-10-15(22-23-17)14-8-6-9-16(26)18(14)21/h6,8-11,26H,7,12-13H2,1-5H3. The van der Waals surface area contributed by atoms with Crippen molar-refractivity contribution in [2.75, 3.05) is 12.1 Å². The molecule has 0 radical (unpaired) electrons. The van der Waals surface area contributed by atoms with Gasteiger partial charge in [0.05, 0.1) is 5.69 Å². The molecule has 0 aliphatic carbocycles. The number of aromatic hydroxyl groups is 1. The SMILES string of the molecule is CN(c1ccc(-c2cccc(O)c2F)nn1)N1C(C)(C)CCCC1(C)C. The second-order valence-corrected chi connectivity index (χ2v) is 8.23. The zero-order chi connectivity index (χ0) is 19.1. The molecule has 0 bridgehead atoms. The molecule has 0 atom stereocenters. The molecule has 0 saturated carbocycles. The molecule has 5 nitrogen and oxygen atoms in total. The smallest absolute Gasteiger partial charge is 0.174 e. The minimum Gasteiger partial charge on any atom is -0.505 e. The zero-order valence-electron chi connectivity index (χ0n) is 16.1. The Morgan fingerprint density at radius 1 is 1.04 bits per heavy atom. The van der Waals surface area contributed by atoms with Gasteiger partial charge in [-0.15, -0.1) is 10.2 Å². The number of halogens is 1. The highest BCUT2D eigenvalue weighted by Gasteiger charge is 2.44. The Kier molecular flexibility index (Phi) is 4.65. The third-order valence-corrected chi connectivity index (χ3v) is 5.26. The number of benzene rings is 1. The number of hydrazine groups is 1. The van der Waals surface area contributed by atoms with Crippen LogP contribution < -0.4 is 5.01 Å². The van der Waals surface area contributed by atoms with Crippen molar-refractivity contribution in [3.05, 3.63) is 36.1 Å². The molecule has 140 valence electrons. The highest BCUT2D eigenvalue weighted by molar-refractivity contribution is 5.62. The highest BCUT2D eigenvalue weighted by Crippen LogP contribution is 2.40. The largest absolute Gasteiger partial charge is 0.505 e. The Hall–Kier alpha value is -2.21. The summed E-state index contributed by atoms with van der Waals surface area (Å²) >= 11 is 0. The van der Waals surface area contributed by atoms with Crippen LogP contribution in [-0.2, 0) is 0 Å². The molecule has 0 unspecified atom stereocenters. The summed E-state index contributed by atoms with van der Waals surface area (Å²) in [6.45, 7) is 8.98. The molecule has 0 amide bonds. The second kappa shape index (κ2) is 6.50. The third-order valence-electron chi connectivity index (χ3n) is 5.26. The second-order valence-electron chi connectivity index (χ2n) is 8.23. The number of rotatable bonds is 3. The monoisotopic (exact) mass is 358 g/mol. The van der Waals surface area contributed by atoms with Crippen LogP contribution in [0.25, 0.3) is 11.3 Å². The average Bonchev–Trinajstić information content (AvgIpc) is 2.56. The zero-order valence-corrected chi connectivity index (χ0v) is 16.1. The van der Waals surface area contributed by atoms with Crippen molar-refractivity contribution in [3.63, 3.8) is 0 Å². The fourth-order valence-electron chi connectivity index (χ4n) is 4.26. The summed E-state index contributed by atoms with van der Waals surface area (Å²) in [5.74, 6) is -0.360. The molecule has 2 aromatic rings. The van der Waals surface area contributed by atoms with Gasteiger partial charge in [-0.3, -0.25) is 5.01 Å². The molecule has 6 heteroatoms. The van der Waals surface area contributed by atoms with Crippen molar-refractivity contribution in [1.82, 2.24) is 15.2 Å². The van der Waals surface area contributed by atoms with E-state index in [0.29, 0.717) is 11.5 Å². The summed E-state index contributed by atoms with van der Waals surface area (Å²) in [5.41, 5.74) is 0.653. The Morgan fingerprint density at radius 3 is 2.27 bits per heavy atom. The normalized spacial score (nSPS) is 19.3. The summed E-state index contributed by atoms with van der Waals surface area (Å²) < 4.78 is 14.1. The van der Waals surface area contributed by atoms with Crippen LogP contribution >= 0.6 is 0 Å². The van der Waals surface area contributed by atoms with E-state index in [2.05, 4.69) is 47.9 Å². The molecule has 1 aromatic heterocycles. The maximum Gasteiger partial charge on any atom is 0.174 e. The first-order chi connectivity index (χ1) is 12.1. The highest BCUT2D eigenvalue weighted by atomic mass is 19.1. The van der Waals surface area contributed by atoms with E-state index in [-0.39, 0.29) is 22.4 Å². The molecule has 3 rings (SSSR count). The molecule has 0 spiro atoms. The predicted molar refractivity (Wildman–Crippen MR) is 101 cm³/mol. The molecule has 1 aliphatic heterocycles. The lowest BCUT2D eigenvalue weighted by Gasteiger charge is -2.56. The first-order valence-electron chi connectivity index (χ1n) is 8.99. The number of piperidine rings is 1. The number of aromatic nitrogens is 2. The fraction of sp³-hybridized carbons (Fsp3) is 0.500. The number of nitrogens with zero attached hydrogens (tertiary/aromatic N) is 4. The Bertz CT molecular complexity index is 773. The number of phenols is 1. The Morgan fingerprint density at radius 2 is 1.69 bits per heavy atom. The average molecular weight is 358 g/mol. The molecule has 1 aromatic carbocycles. The van der Waals surface area contributed by atoms with Crippen LogP contribution in [0.1, 0.15) is 47.0 Å². The van der Waals surface area contributed by atoms with E-state index in [0.717, 1.165) is 12.8 Å². The molecule has 1 aliphatic rings. The topological polar surface area (TPSA) is 52.5 Å². The maximum atomic E-state index is 14.1. The van der Waals surface area contributed by atoms with Gasteiger partial charge >= 0.3 is 0 Å². The van der Waals surface area contributed by atoms with Gasteiger partial charge in [-0.25, -0.2) is 9.40 Å². The van der Waals surface area contributed by atoms with Crippen molar-refractivity contribution in [2.45, 2.75) is 58.0 Å². The summed E-state index contributed by atoms with van der Waals surface area (Å²) in [5, 5.41) is 22.5. The molecule has 2 heterocycles. The van der Waals surface area contributed by atoms with Gasteiger partial charge in [-0.2, -0.15) is 0 Å². The Labute approximate surface area is 154 Å². The number of anilines is 1. The molecular formula is C20H27FN4O. The van der Waals surface area contributed by atoms with Crippen LogP contribution in [0, 0.1) is 5.82 Å². The summed E-state index contributed by atoms with van der Waals surface area (Å²) in [6.07, 6.45) is 3.42. The van der Waals surface area contributed by atoms with Crippen molar-refractivity contribution < 1.29 is 9.50 Å². The van der Waals surface area contributed by atoms with Gasteiger partial charge in [0.25, 0.3) is 0 Å². The van der Waals surface area contributed by atoms with Crippen LogP contribution in [0.4, 0.5) is 10.2 Å². The van der Waals surface area contributed by atoms with Gasteiger partial charge in [0.1, 0.15) is 0 Å². The van der Waals surface area contributed by atoms with Crippen LogP contribution in [0.3, 0.4) is 0 Å². The van der Waals surface area contributed by atoms with Crippen molar-refractivity contribution in [3.8, 4) is 17.0 Å². The Balaban J connectivity index is 1.91. The number of hydrogen-bond donors (Lipinski definition) is 1. The minimum atomic E-state index is -0.679. The molecule has 1 fully saturated rings. The van der Waals surface area contributed by atoms with E-state index in [1.54, 1.807) is 18.2 Å². The first-order valence-corrected chi connectivity index (χ1v) is 8.99. The van der Waals surface area contributed by atoms with Crippen LogP contribution in [0.5, 0.6) is 5.75 Å². The number of hydrogen-bond acceptors (Lipinski definition) is 5. The fourth-order valence-corrected chi connectivity index (χ4v) is 4.26. The van der Waals surface area contributed by atoms with E-state index in [1.165, 1.54) is 12.5 Å². The first kappa shape index (κ1) is 18.6. The molecule has 1 N–H and O–H groups in total. The van der Waals surface area contributed by atoms with Crippen LogP contribution in [0.2, 0.25) is 0 Å². The van der Waals surface area contributed by atoms with Crippen molar-refractivity contribution in [1.29, 1.82) is 0 Å². The lowest BCUT2D eigenvalue weighted by atomic mass is 9.81. The van der Waals surface area contributed by atoms with Gasteiger partial charge in [-0.1, -0.05) is 6.07 Å². The molecule has 1 saturated heterocycles. The van der Waals surface area contributed by atoms with Gasteiger partial charge in [0.2, 0.25) is 0 Å². The van der Waals surface area contributed by atoms with E-state index < -0.39 is 5.82 Å². The lowest BCUT2D eigenvalue weighted by molar-refractivity contribution is -0.0332. The van der Waals surface area contributed by atoms with E-state index >= 15 is 0 Å². The van der Waals surface area contributed by atoms with Gasteiger partial charge in [-0.05, 0) is 71.2 Å². The lowest BCUT2D eigenvalue weighted by Crippen LogP contribution is -2.64. The predicted octanol–water partition coefficient (Wildman–Crippen LogP) is 4.38. The van der Waals surface area contributed by atoms with Gasteiger partial charge in [0, 0.05) is 23.7 Å². The van der Waals surface area contributed by atoms with E-state index in [9.17, 15) is 9.50 Å². The third kappa shape index (κ3) is 3.26. The van der Waals surface area contributed by atoms with Crippen molar-refractivity contribution in [2.24, 2.45) is 0 Å². The van der Waals surface area contributed by atoms with Crippen LogP contribution in [-0.4, -0.2) is 38.4 Å². The molecule has 26 heavy (non-hydrogen) atoms. The van der Waals surface area contributed by atoms with E-state index in [4.69, 9.17) is 0 Å². The summed E-state index contributed by atoms with van der Waals surface area (Å²) in [7, 11) is 1.99. The molecular weight excluding hydrogens is 331 g/mol. The summed E-state index contributed by atoms with van der Waals surface area (Å²) in [4.78, 5) is 0. The van der Waals surface area contributed by atoms with Gasteiger partial charge in [0.15, 0.2) is 17.4 Å². The minimum absolute atomic E-state index is 0.00811. The summed E-state index contributed by atoms with van der Waals surface area (Å²) in [6, 6.07) is 8.07. The number of phenolic OH excluding ortho intramolecular Hbond substituents is 1. The van der Waals surface area contributed by atoms with Gasteiger partial charge < -0.3 is 5.11 Å². The van der Waals surface area contributed by atoms with Crippen LogP contribution in [0.15, 0.2) is 30.3 Å². The van der Waals surface area contributed by atoms with E-state index in [1.807, 2.05) is 13.1 Å². The quantitative estimate of drug-likeness (QED) is 0.882. The van der Waals surface area contributed by atoms with Crippen molar-refractivity contribution >= 4 is 5.82 Å². The maximum absolute atomic E-state index is 14.1.